The third-order valence-electron chi connectivity index (χ3n) is 9.11. The van der Waals surface area contributed by atoms with E-state index in [0.717, 1.165) is 11.1 Å². The number of amides is 1. The number of anilines is 1. The summed E-state index contributed by atoms with van der Waals surface area (Å²) in [6.07, 6.45) is -4.08. The Labute approximate surface area is 307 Å². The number of imidazole rings is 1. The first-order valence-corrected chi connectivity index (χ1v) is 18.2. The number of nitrogens with one attached hydrogen (secondary N) is 2. The van der Waals surface area contributed by atoms with Crippen molar-refractivity contribution in [2.24, 2.45) is 4.36 Å². The van der Waals surface area contributed by atoms with Gasteiger partial charge in [0.05, 0.1) is 6.33 Å². The van der Waals surface area contributed by atoms with Crippen molar-refractivity contribution in [3.63, 3.8) is 0 Å². The van der Waals surface area contributed by atoms with E-state index in [2.05, 4.69) is 78.5 Å². The molecule has 53 heavy (non-hydrogen) atoms. The van der Waals surface area contributed by atoms with E-state index in [1.54, 1.807) is 6.92 Å². The molecule has 2 aliphatic carbocycles. The molecular formula is C39H37N7O6S. The van der Waals surface area contributed by atoms with E-state index >= 15 is 0 Å². The van der Waals surface area contributed by atoms with E-state index in [1.807, 2.05) is 60.7 Å². The van der Waals surface area contributed by atoms with E-state index < -0.39 is 40.9 Å². The second-order valence-corrected chi connectivity index (χ2v) is 13.2. The van der Waals surface area contributed by atoms with Crippen molar-refractivity contribution < 1.29 is 28.2 Å². The predicted molar refractivity (Wildman–Crippen MR) is 199 cm³/mol. The van der Waals surface area contributed by atoms with Gasteiger partial charge in [0.15, 0.2) is 35.1 Å². The number of ether oxygens (including phenoxy) is 1. The fourth-order valence-electron chi connectivity index (χ4n) is 6.45. The largest absolute Gasteiger partial charge is 0.387 e. The molecule has 4 atom stereocenters. The molecule has 1 saturated heterocycles. The van der Waals surface area contributed by atoms with Gasteiger partial charge in [0.2, 0.25) is 0 Å². The zero-order valence-corrected chi connectivity index (χ0v) is 29.5. The van der Waals surface area contributed by atoms with Crippen LogP contribution in [0.25, 0.3) is 33.4 Å². The number of carbonyl (C=O) groups is 1. The lowest BCUT2D eigenvalue weighted by Gasteiger charge is -2.20. The van der Waals surface area contributed by atoms with Gasteiger partial charge in [0, 0.05) is 19.0 Å². The first-order valence-electron chi connectivity index (χ1n) is 17.2. The standard InChI is InChI=1S/C27H29N7O6S.C12H8/c1-2-28-26(37)23-21(35)22(36)27(40-23)34-15-30-20-24(32-19(33-25(20)34)14-31-41(38)39)29-13-18(16-9-5-3-6-10-16)17-11-7-4-8-12-17;1-2-4-9(5-3-1)11-7-6-10-8-12(10)11/h3-12,15,18,21-23,27,35-36H,2,13-14H2,1H3,(H,28,37)(H,29,32,33);1-8H/t21-,22+,23-,27+;/m0./s1. The maximum Gasteiger partial charge on any atom is 0.311 e. The highest BCUT2D eigenvalue weighted by atomic mass is 32.2. The molecule has 1 fully saturated rings. The van der Waals surface area contributed by atoms with Crippen LogP contribution >= 0.6 is 0 Å². The highest BCUT2D eigenvalue weighted by Gasteiger charge is 2.47. The van der Waals surface area contributed by atoms with Crippen LogP contribution in [0.3, 0.4) is 0 Å². The minimum absolute atomic E-state index is 0.0558. The molecule has 0 radical (unpaired) electrons. The number of aliphatic hydroxyl groups excluding tert-OH is 2. The molecule has 3 aromatic carbocycles. The lowest BCUT2D eigenvalue weighted by molar-refractivity contribution is -0.137. The van der Waals surface area contributed by atoms with Crippen LogP contribution in [-0.4, -0.2) is 75.5 Å². The summed E-state index contributed by atoms with van der Waals surface area (Å²) in [7, 11) is -2.68. The highest BCUT2D eigenvalue weighted by molar-refractivity contribution is 7.61. The van der Waals surface area contributed by atoms with E-state index in [9.17, 15) is 23.4 Å². The van der Waals surface area contributed by atoms with Crippen molar-refractivity contribution in [1.29, 1.82) is 0 Å². The van der Waals surface area contributed by atoms with Crippen LogP contribution in [0.1, 0.15) is 36.0 Å². The topological polar surface area (TPSA) is 181 Å². The molecule has 2 aromatic heterocycles. The van der Waals surface area contributed by atoms with Crippen molar-refractivity contribution in [2.45, 2.75) is 43.9 Å². The summed E-state index contributed by atoms with van der Waals surface area (Å²) in [6, 6.07) is 37.0. The van der Waals surface area contributed by atoms with Gasteiger partial charge in [-0.05, 0) is 46.4 Å². The number of fused-ring (bicyclic) bond motifs is 2. The number of aromatic nitrogens is 4. The Bertz CT molecular complexity index is 2310. The summed E-state index contributed by atoms with van der Waals surface area (Å²) >= 11 is 0. The van der Waals surface area contributed by atoms with Crippen LogP contribution in [0.5, 0.6) is 0 Å². The van der Waals surface area contributed by atoms with Gasteiger partial charge in [-0.2, -0.15) is 12.8 Å². The molecule has 4 N–H and O–H groups in total. The zero-order chi connectivity index (χ0) is 36.9. The Morgan fingerprint density at radius 3 is 2.11 bits per heavy atom. The molecule has 0 saturated carbocycles. The van der Waals surface area contributed by atoms with E-state index in [0.29, 0.717) is 24.4 Å². The summed E-state index contributed by atoms with van der Waals surface area (Å²) < 4.78 is 32.9. The smallest absolute Gasteiger partial charge is 0.311 e. The molecule has 0 unspecified atom stereocenters. The second kappa shape index (κ2) is 15.8. The van der Waals surface area contributed by atoms with Gasteiger partial charge in [-0.25, -0.2) is 15.0 Å². The molecule has 1 aliphatic heterocycles. The fourth-order valence-corrected chi connectivity index (χ4v) is 6.67. The number of rotatable bonds is 11. The quantitative estimate of drug-likeness (QED) is 0.145. The van der Waals surface area contributed by atoms with Crippen molar-refractivity contribution in [3.8, 4) is 22.3 Å². The Balaban J connectivity index is 0.000000302. The number of hydrogen-bond acceptors (Lipinski definition) is 11. The Morgan fingerprint density at radius 2 is 1.53 bits per heavy atom. The number of benzene rings is 4. The number of carbonyl (C=O) groups excluding carboxylic acids is 1. The van der Waals surface area contributed by atoms with E-state index in [4.69, 9.17) is 4.74 Å². The number of likely N-dealkylation sites (N-methyl/N-ethyl adjacent to an activating group) is 1. The molecular weight excluding hydrogens is 695 g/mol. The molecule has 0 bridgehead atoms. The average molecular weight is 732 g/mol. The first kappa shape index (κ1) is 35.6. The first-order chi connectivity index (χ1) is 25.8. The minimum atomic E-state index is -2.68. The highest BCUT2D eigenvalue weighted by Crippen LogP contribution is 2.43. The average Bonchev–Trinajstić information content (AvgIpc) is 3.47. The van der Waals surface area contributed by atoms with Crippen LogP contribution in [0.2, 0.25) is 0 Å². The second-order valence-electron chi connectivity index (χ2n) is 12.5. The van der Waals surface area contributed by atoms with E-state index in [-0.39, 0.29) is 23.9 Å². The predicted octanol–water partition coefficient (Wildman–Crippen LogP) is 4.72. The summed E-state index contributed by atoms with van der Waals surface area (Å²) in [5, 5.41) is 27.2. The van der Waals surface area contributed by atoms with Crippen molar-refractivity contribution in [1.82, 2.24) is 24.8 Å². The number of aliphatic hydroxyl groups is 2. The molecule has 3 heterocycles. The fraction of sp³-hybridized carbons (Fsp3) is 0.231. The van der Waals surface area contributed by atoms with Crippen LogP contribution in [-0.2, 0) is 26.6 Å². The SMILES string of the molecule is CCNC(=O)[C@H]1O[C@@H](n2cnc3c(NCC(c4ccccc4)c4ccccc4)nc(CN=S(=O)=O)nc32)[C@H](O)[C@@H]1O.c1ccc(-c2ccc3cc2-3)cc1. The summed E-state index contributed by atoms with van der Waals surface area (Å²) in [6.45, 7) is 2.13. The van der Waals surface area contributed by atoms with Crippen molar-refractivity contribution >= 4 is 33.4 Å². The molecule has 13 nitrogen and oxygen atoms in total. The van der Waals surface area contributed by atoms with Gasteiger partial charge in [-0.15, -0.1) is 0 Å². The van der Waals surface area contributed by atoms with Crippen LogP contribution in [0.15, 0.2) is 120 Å². The summed E-state index contributed by atoms with van der Waals surface area (Å²) in [5.74, 6) is -0.218. The maximum absolute atomic E-state index is 12.4. The Morgan fingerprint density at radius 1 is 0.868 bits per heavy atom. The summed E-state index contributed by atoms with van der Waals surface area (Å²) in [5.41, 5.74) is 8.23. The molecule has 5 aromatic rings. The van der Waals surface area contributed by atoms with Gasteiger partial charge < -0.3 is 25.6 Å². The van der Waals surface area contributed by atoms with Crippen LogP contribution in [0, 0.1) is 0 Å². The molecule has 3 aliphatic rings. The van der Waals surface area contributed by atoms with E-state index in [1.165, 1.54) is 33.1 Å². The number of hydrogen-bond donors (Lipinski definition) is 4. The molecule has 14 heteroatoms. The maximum atomic E-state index is 12.4. The molecule has 8 rings (SSSR count). The van der Waals surface area contributed by atoms with Crippen molar-refractivity contribution in [3.05, 3.63) is 132 Å². The normalized spacial score (nSPS) is 18.3. The molecule has 0 spiro atoms. The third-order valence-corrected chi connectivity index (χ3v) is 9.45. The van der Waals surface area contributed by atoms with Gasteiger partial charge in [-0.1, -0.05) is 103 Å². The molecule has 270 valence electrons. The van der Waals surface area contributed by atoms with Crippen molar-refractivity contribution in [2.75, 3.05) is 18.4 Å². The van der Waals surface area contributed by atoms with Gasteiger partial charge in [0.1, 0.15) is 18.8 Å². The van der Waals surface area contributed by atoms with Crippen LogP contribution < -0.4 is 10.6 Å². The molecule has 1 amide bonds. The van der Waals surface area contributed by atoms with Gasteiger partial charge in [0.25, 0.3) is 5.91 Å². The summed E-state index contributed by atoms with van der Waals surface area (Å²) in [4.78, 5) is 25.7. The Hall–Kier alpha value is -5.80. The lowest BCUT2D eigenvalue weighted by atomic mass is 9.91. The van der Waals surface area contributed by atoms with Crippen LogP contribution in [0.4, 0.5) is 5.82 Å². The number of nitrogens with zero attached hydrogens (tertiary/aromatic N) is 5. The monoisotopic (exact) mass is 731 g/mol. The van der Waals surface area contributed by atoms with Gasteiger partial charge in [-0.3, -0.25) is 9.36 Å². The minimum Gasteiger partial charge on any atom is -0.387 e. The lowest BCUT2D eigenvalue weighted by Crippen LogP contribution is -2.42. The van der Waals surface area contributed by atoms with Gasteiger partial charge >= 0.3 is 10.5 Å². The Kier molecular flexibility index (Phi) is 10.6. The third kappa shape index (κ3) is 7.85. The zero-order valence-electron chi connectivity index (χ0n) is 28.6.